The molecule has 2 atom stereocenters. The van der Waals surface area contributed by atoms with Crippen molar-refractivity contribution in [1.29, 1.82) is 0 Å². The van der Waals surface area contributed by atoms with Crippen LogP contribution in [0.15, 0.2) is 12.1 Å². The number of hydrogen-bond donors (Lipinski definition) is 0. The van der Waals surface area contributed by atoms with E-state index in [1.165, 1.54) is 19.3 Å². The van der Waals surface area contributed by atoms with Crippen LogP contribution < -0.4 is 4.90 Å². The fraction of sp³-hybridized carbons (Fsp3) is 0.700. The summed E-state index contributed by atoms with van der Waals surface area (Å²) in [5, 5.41) is 0. The number of halogens is 1. The highest BCUT2D eigenvalue weighted by molar-refractivity contribution is 5.56. The van der Waals surface area contributed by atoms with Crippen molar-refractivity contribution in [3.05, 3.63) is 29.1 Å². The van der Waals surface area contributed by atoms with Crippen LogP contribution in [0.5, 0.6) is 0 Å². The first kappa shape index (κ1) is 18.3. The van der Waals surface area contributed by atoms with E-state index in [2.05, 4.69) is 38.7 Å². The van der Waals surface area contributed by atoms with Crippen LogP contribution in [0.1, 0.15) is 64.5 Å². The first-order chi connectivity index (χ1) is 11.1. The maximum Gasteiger partial charge on any atom is 0.131 e. The van der Waals surface area contributed by atoms with Crippen LogP contribution in [-0.2, 0) is 17.6 Å². The molecule has 130 valence electrons. The third-order valence-corrected chi connectivity index (χ3v) is 4.71. The highest BCUT2D eigenvalue weighted by Gasteiger charge is 2.25. The zero-order chi connectivity index (χ0) is 16.8. The van der Waals surface area contributed by atoms with E-state index in [-0.39, 0.29) is 18.0 Å². The third-order valence-electron chi connectivity index (χ3n) is 4.71. The Labute approximate surface area is 141 Å². The number of benzene rings is 1. The van der Waals surface area contributed by atoms with Crippen LogP contribution in [0, 0.1) is 5.82 Å². The van der Waals surface area contributed by atoms with Gasteiger partial charge in [0.05, 0.1) is 12.2 Å². The molecule has 1 aliphatic heterocycles. The Morgan fingerprint density at radius 2 is 1.78 bits per heavy atom. The van der Waals surface area contributed by atoms with Gasteiger partial charge in [0.25, 0.3) is 0 Å². The van der Waals surface area contributed by atoms with E-state index < -0.39 is 0 Å². The Hall–Kier alpha value is -1.09. The van der Waals surface area contributed by atoms with Gasteiger partial charge < -0.3 is 9.64 Å². The summed E-state index contributed by atoms with van der Waals surface area (Å²) in [5.74, 6) is 0.0216. The first-order valence-electron chi connectivity index (χ1n) is 9.27. The van der Waals surface area contributed by atoms with Gasteiger partial charge in [0.2, 0.25) is 0 Å². The van der Waals surface area contributed by atoms with Crippen molar-refractivity contribution in [2.75, 3.05) is 18.0 Å². The highest BCUT2D eigenvalue weighted by Crippen LogP contribution is 2.29. The van der Waals surface area contributed by atoms with E-state index in [0.717, 1.165) is 49.2 Å². The number of morpholine rings is 1. The van der Waals surface area contributed by atoms with Crippen molar-refractivity contribution < 1.29 is 9.13 Å². The van der Waals surface area contributed by atoms with Crippen LogP contribution in [0.4, 0.5) is 10.1 Å². The molecule has 2 rings (SSSR count). The summed E-state index contributed by atoms with van der Waals surface area (Å²) in [5.41, 5.74) is 2.82. The summed E-state index contributed by atoms with van der Waals surface area (Å²) in [6, 6.07) is 4.13. The van der Waals surface area contributed by atoms with Gasteiger partial charge in [-0.1, -0.05) is 39.2 Å². The third kappa shape index (κ3) is 4.69. The van der Waals surface area contributed by atoms with Crippen LogP contribution >= 0.6 is 0 Å². The maximum atomic E-state index is 14.9. The molecule has 0 amide bonds. The van der Waals surface area contributed by atoms with Crippen LogP contribution in [-0.4, -0.2) is 25.3 Å². The Morgan fingerprint density at radius 1 is 1.09 bits per heavy atom. The lowest BCUT2D eigenvalue weighted by molar-refractivity contribution is -0.00528. The second-order valence-electron chi connectivity index (χ2n) is 6.86. The fourth-order valence-corrected chi connectivity index (χ4v) is 3.60. The Morgan fingerprint density at radius 3 is 2.39 bits per heavy atom. The van der Waals surface area contributed by atoms with Crippen molar-refractivity contribution in [1.82, 2.24) is 0 Å². The average molecular weight is 321 g/mol. The second kappa shape index (κ2) is 8.68. The van der Waals surface area contributed by atoms with E-state index in [1.54, 1.807) is 0 Å². The van der Waals surface area contributed by atoms with Crippen molar-refractivity contribution >= 4 is 5.69 Å². The van der Waals surface area contributed by atoms with Gasteiger partial charge in [-0.25, -0.2) is 4.39 Å². The van der Waals surface area contributed by atoms with Crippen LogP contribution in [0.2, 0.25) is 0 Å². The standard InChI is InChI=1S/C20H32FNO/c1-5-7-8-9-10-17-11-12-19(18(6-2)20(17)21)22-13-15(3)23-16(4)14-22/h11-12,15-16H,5-10,13-14H2,1-4H3/t15-,16?/m1/s1. The molecule has 1 heterocycles. The molecule has 1 saturated heterocycles. The summed E-state index contributed by atoms with van der Waals surface area (Å²) in [6.07, 6.45) is 6.72. The van der Waals surface area contributed by atoms with Crippen molar-refractivity contribution in [2.45, 2.75) is 78.4 Å². The molecule has 0 radical (unpaired) electrons. The number of ether oxygens (including phenoxy) is 1. The Kier molecular flexibility index (Phi) is 6.88. The van der Waals surface area contributed by atoms with Gasteiger partial charge in [0, 0.05) is 24.3 Å². The molecule has 2 nitrogen and oxygen atoms in total. The Bertz CT molecular complexity index is 493. The van der Waals surface area contributed by atoms with Crippen LogP contribution in [0.25, 0.3) is 0 Å². The quantitative estimate of drug-likeness (QED) is 0.646. The molecule has 1 aliphatic rings. The number of anilines is 1. The average Bonchev–Trinajstić information content (AvgIpc) is 2.51. The molecule has 0 aromatic heterocycles. The largest absolute Gasteiger partial charge is 0.372 e. The summed E-state index contributed by atoms with van der Waals surface area (Å²) >= 11 is 0. The molecule has 0 aliphatic carbocycles. The minimum Gasteiger partial charge on any atom is -0.372 e. The molecule has 1 aromatic rings. The van der Waals surface area contributed by atoms with E-state index in [0.29, 0.717) is 0 Å². The lowest BCUT2D eigenvalue weighted by Gasteiger charge is -2.38. The lowest BCUT2D eigenvalue weighted by Crippen LogP contribution is -2.46. The lowest BCUT2D eigenvalue weighted by atomic mass is 9.99. The predicted molar refractivity (Wildman–Crippen MR) is 95.8 cm³/mol. The molecule has 0 N–H and O–H groups in total. The maximum absolute atomic E-state index is 14.9. The number of nitrogens with zero attached hydrogens (tertiary/aromatic N) is 1. The molecule has 1 aromatic carbocycles. The topological polar surface area (TPSA) is 12.5 Å². The monoisotopic (exact) mass is 321 g/mol. The van der Waals surface area contributed by atoms with Gasteiger partial charge >= 0.3 is 0 Å². The smallest absolute Gasteiger partial charge is 0.131 e. The zero-order valence-electron chi connectivity index (χ0n) is 15.2. The van der Waals surface area contributed by atoms with Crippen molar-refractivity contribution in [3.63, 3.8) is 0 Å². The number of unbranched alkanes of at least 4 members (excludes halogenated alkanes) is 3. The minimum atomic E-state index is 0.0216. The summed E-state index contributed by atoms with van der Waals surface area (Å²) < 4.78 is 20.7. The molecular formula is C20H32FNO. The zero-order valence-corrected chi connectivity index (χ0v) is 15.2. The van der Waals surface area contributed by atoms with Gasteiger partial charge in [-0.2, -0.15) is 0 Å². The summed E-state index contributed by atoms with van der Waals surface area (Å²) in [4.78, 5) is 2.29. The molecule has 1 unspecified atom stereocenters. The summed E-state index contributed by atoms with van der Waals surface area (Å²) in [7, 11) is 0. The molecule has 3 heteroatoms. The highest BCUT2D eigenvalue weighted by atomic mass is 19.1. The van der Waals surface area contributed by atoms with E-state index in [4.69, 9.17) is 4.74 Å². The van der Waals surface area contributed by atoms with Gasteiger partial charge in [-0.15, -0.1) is 0 Å². The number of hydrogen-bond acceptors (Lipinski definition) is 2. The summed E-state index contributed by atoms with van der Waals surface area (Å²) in [6.45, 7) is 10.1. The number of rotatable bonds is 7. The molecule has 0 saturated carbocycles. The normalized spacial score (nSPS) is 21.7. The van der Waals surface area contributed by atoms with Crippen molar-refractivity contribution in [3.8, 4) is 0 Å². The van der Waals surface area contributed by atoms with E-state index in [1.807, 2.05) is 6.07 Å². The molecule has 0 spiro atoms. The second-order valence-corrected chi connectivity index (χ2v) is 6.86. The van der Waals surface area contributed by atoms with Crippen LogP contribution in [0.3, 0.4) is 0 Å². The molecule has 23 heavy (non-hydrogen) atoms. The molecular weight excluding hydrogens is 289 g/mol. The Balaban J connectivity index is 2.16. The fourth-order valence-electron chi connectivity index (χ4n) is 3.60. The van der Waals surface area contributed by atoms with Gasteiger partial charge in [-0.3, -0.25) is 0 Å². The van der Waals surface area contributed by atoms with E-state index >= 15 is 0 Å². The SMILES string of the molecule is CCCCCCc1ccc(N2CC(C)O[C@H](C)C2)c(CC)c1F. The van der Waals surface area contributed by atoms with Crippen molar-refractivity contribution in [2.24, 2.45) is 0 Å². The number of aryl methyl sites for hydroxylation is 1. The van der Waals surface area contributed by atoms with E-state index in [9.17, 15) is 4.39 Å². The predicted octanol–water partition coefficient (Wildman–Crippen LogP) is 5.12. The van der Waals surface area contributed by atoms with Gasteiger partial charge in [-0.05, 0) is 44.7 Å². The first-order valence-corrected chi connectivity index (χ1v) is 9.27. The molecule has 1 fully saturated rings. The molecule has 0 bridgehead atoms. The van der Waals surface area contributed by atoms with Gasteiger partial charge in [0.15, 0.2) is 0 Å². The van der Waals surface area contributed by atoms with Gasteiger partial charge in [0.1, 0.15) is 5.82 Å². The minimum absolute atomic E-state index is 0.0216.